The highest BCUT2D eigenvalue weighted by molar-refractivity contribution is 6.12. The van der Waals surface area contributed by atoms with Crippen molar-refractivity contribution < 1.29 is 4.74 Å². The standard InChI is InChI=1S/C48H32N2O/c1-4-14-33(15-5-1)36-30-37(34-16-6-2-7-17-34)32-40(31-36)49(38-18-8-3-9-19-38)39-28-26-35(27-29-39)41-21-12-24-45-48(41)51-46-25-13-22-43-42-20-10-11-23-44(42)50(45)47(43)46/h1-32H. The first-order valence-corrected chi connectivity index (χ1v) is 17.4. The van der Waals surface area contributed by atoms with E-state index >= 15 is 0 Å². The first-order valence-electron chi connectivity index (χ1n) is 17.4. The number of fused-ring (bicyclic) bond motifs is 5. The summed E-state index contributed by atoms with van der Waals surface area (Å²) in [5.41, 5.74) is 13.5. The van der Waals surface area contributed by atoms with E-state index in [0.717, 1.165) is 50.9 Å². The quantitative estimate of drug-likeness (QED) is 0.178. The van der Waals surface area contributed by atoms with Crippen LogP contribution in [0.4, 0.5) is 17.1 Å². The Hall–Kier alpha value is -6.84. The molecule has 0 saturated heterocycles. The van der Waals surface area contributed by atoms with Crippen LogP contribution in [-0.4, -0.2) is 4.57 Å². The van der Waals surface area contributed by atoms with E-state index in [0.29, 0.717) is 0 Å². The van der Waals surface area contributed by atoms with Crippen LogP contribution in [-0.2, 0) is 0 Å². The zero-order chi connectivity index (χ0) is 33.7. The van der Waals surface area contributed by atoms with Gasteiger partial charge in [-0.25, -0.2) is 0 Å². The van der Waals surface area contributed by atoms with Crippen molar-refractivity contribution >= 4 is 38.9 Å². The van der Waals surface area contributed by atoms with Gasteiger partial charge >= 0.3 is 0 Å². The fraction of sp³-hybridized carbons (Fsp3) is 0. The molecule has 1 aromatic heterocycles. The smallest absolute Gasteiger partial charge is 0.159 e. The topological polar surface area (TPSA) is 17.4 Å². The molecule has 3 nitrogen and oxygen atoms in total. The van der Waals surface area contributed by atoms with Gasteiger partial charge < -0.3 is 14.2 Å². The lowest BCUT2D eigenvalue weighted by Crippen LogP contribution is -2.10. The molecular formula is C48H32N2O. The van der Waals surface area contributed by atoms with Crippen molar-refractivity contribution in [2.24, 2.45) is 0 Å². The molecule has 0 unspecified atom stereocenters. The van der Waals surface area contributed by atoms with Gasteiger partial charge in [-0.2, -0.15) is 0 Å². The van der Waals surface area contributed by atoms with E-state index in [4.69, 9.17) is 4.74 Å². The normalized spacial score (nSPS) is 11.7. The molecule has 0 atom stereocenters. The monoisotopic (exact) mass is 652 g/mol. The number of benzene rings is 8. The Bertz CT molecular complexity index is 2640. The minimum absolute atomic E-state index is 0.870. The molecule has 0 aliphatic carbocycles. The molecule has 1 aliphatic heterocycles. The second-order valence-corrected chi connectivity index (χ2v) is 13.0. The second-order valence-electron chi connectivity index (χ2n) is 13.0. The summed E-state index contributed by atoms with van der Waals surface area (Å²) in [6, 6.07) is 69.0. The lowest BCUT2D eigenvalue weighted by Gasteiger charge is -2.27. The maximum absolute atomic E-state index is 6.76. The van der Waals surface area contributed by atoms with Crippen LogP contribution in [0.2, 0.25) is 0 Å². The van der Waals surface area contributed by atoms with Crippen LogP contribution in [0.1, 0.15) is 0 Å². The molecular weight excluding hydrogens is 621 g/mol. The van der Waals surface area contributed by atoms with Gasteiger partial charge in [-0.1, -0.05) is 133 Å². The first kappa shape index (κ1) is 29.1. The summed E-state index contributed by atoms with van der Waals surface area (Å²) < 4.78 is 9.12. The fourth-order valence-corrected chi connectivity index (χ4v) is 7.61. The summed E-state index contributed by atoms with van der Waals surface area (Å²) >= 11 is 0. The summed E-state index contributed by atoms with van der Waals surface area (Å²) in [6.07, 6.45) is 0. The van der Waals surface area contributed by atoms with Gasteiger partial charge in [0.25, 0.3) is 0 Å². The zero-order valence-electron chi connectivity index (χ0n) is 27.8. The van der Waals surface area contributed by atoms with Gasteiger partial charge in [0.2, 0.25) is 0 Å². The SMILES string of the molecule is c1ccc(-c2cc(-c3ccccc3)cc(N(c3ccccc3)c3ccc(-c4cccc5c4Oc4cccc6c7ccccc7n-5c46)cc3)c2)cc1. The summed E-state index contributed by atoms with van der Waals surface area (Å²) in [6.45, 7) is 0. The second kappa shape index (κ2) is 11.9. The molecule has 0 spiro atoms. The molecule has 0 saturated carbocycles. The van der Waals surface area contributed by atoms with Gasteiger partial charge in [-0.15, -0.1) is 0 Å². The summed E-state index contributed by atoms with van der Waals surface area (Å²) in [4.78, 5) is 2.35. The Morgan fingerprint density at radius 3 is 1.69 bits per heavy atom. The lowest BCUT2D eigenvalue weighted by molar-refractivity contribution is 0.478. The highest BCUT2D eigenvalue weighted by Gasteiger charge is 2.26. The number of hydrogen-bond donors (Lipinski definition) is 0. The molecule has 10 rings (SSSR count). The van der Waals surface area contributed by atoms with Crippen molar-refractivity contribution in [2.75, 3.05) is 4.90 Å². The highest BCUT2D eigenvalue weighted by Crippen LogP contribution is 2.49. The third kappa shape index (κ3) is 4.90. The van der Waals surface area contributed by atoms with Crippen molar-refractivity contribution in [2.45, 2.75) is 0 Å². The van der Waals surface area contributed by atoms with Crippen LogP contribution < -0.4 is 9.64 Å². The Morgan fingerprint density at radius 1 is 0.392 bits per heavy atom. The summed E-state index contributed by atoms with van der Waals surface area (Å²) in [5.74, 6) is 1.75. The maximum atomic E-state index is 6.76. The molecule has 0 fully saturated rings. The number of rotatable bonds is 6. The van der Waals surface area contributed by atoms with Crippen molar-refractivity contribution in [3.05, 3.63) is 194 Å². The van der Waals surface area contributed by atoms with Gasteiger partial charge in [0.15, 0.2) is 11.5 Å². The lowest BCUT2D eigenvalue weighted by atomic mass is 9.97. The zero-order valence-corrected chi connectivity index (χ0v) is 27.8. The third-order valence-electron chi connectivity index (χ3n) is 9.95. The molecule has 51 heavy (non-hydrogen) atoms. The van der Waals surface area contributed by atoms with Gasteiger partial charge in [0.05, 0.1) is 16.7 Å². The molecule has 0 radical (unpaired) electrons. The van der Waals surface area contributed by atoms with E-state index in [1.54, 1.807) is 0 Å². The van der Waals surface area contributed by atoms with Crippen molar-refractivity contribution in [3.63, 3.8) is 0 Å². The van der Waals surface area contributed by atoms with E-state index in [9.17, 15) is 0 Å². The van der Waals surface area contributed by atoms with Crippen molar-refractivity contribution in [1.82, 2.24) is 4.57 Å². The number of anilines is 3. The predicted octanol–water partition coefficient (Wildman–Crippen LogP) is 13.4. The molecule has 2 heterocycles. The van der Waals surface area contributed by atoms with Crippen molar-refractivity contribution in [3.8, 4) is 50.6 Å². The third-order valence-corrected chi connectivity index (χ3v) is 9.95. The fourth-order valence-electron chi connectivity index (χ4n) is 7.61. The maximum Gasteiger partial charge on any atom is 0.159 e. The van der Waals surface area contributed by atoms with Crippen LogP contribution >= 0.6 is 0 Å². The van der Waals surface area contributed by atoms with E-state index in [-0.39, 0.29) is 0 Å². The van der Waals surface area contributed by atoms with Crippen LogP contribution in [0.5, 0.6) is 11.5 Å². The summed E-state index contributed by atoms with van der Waals surface area (Å²) in [5, 5.41) is 2.43. The molecule has 1 aliphatic rings. The number of para-hydroxylation sites is 4. The van der Waals surface area contributed by atoms with Crippen molar-refractivity contribution in [1.29, 1.82) is 0 Å². The molecule has 8 aromatic carbocycles. The Morgan fingerprint density at radius 2 is 0.980 bits per heavy atom. The number of hydrogen-bond acceptors (Lipinski definition) is 2. The van der Waals surface area contributed by atoms with Gasteiger partial charge in [0, 0.05) is 33.4 Å². The van der Waals surface area contributed by atoms with Gasteiger partial charge in [-0.05, 0) is 88.5 Å². The van der Waals surface area contributed by atoms with E-state index in [1.165, 1.54) is 38.5 Å². The average molecular weight is 653 g/mol. The molecule has 0 amide bonds. The predicted molar refractivity (Wildman–Crippen MR) is 212 cm³/mol. The molecule has 0 bridgehead atoms. The number of nitrogens with zero attached hydrogens (tertiary/aromatic N) is 2. The Labute approximate surface area is 296 Å². The van der Waals surface area contributed by atoms with E-state index in [2.05, 4.69) is 204 Å². The average Bonchev–Trinajstić information content (AvgIpc) is 3.55. The largest absolute Gasteiger partial charge is 0.452 e. The minimum atomic E-state index is 0.870. The highest BCUT2D eigenvalue weighted by atomic mass is 16.5. The minimum Gasteiger partial charge on any atom is -0.452 e. The Balaban J connectivity index is 1.11. The summed E-state index contributed by atoms with van der Waals surface area (Å²) in [7, 11) is 0. The van der Waals surface area contributed by atoms with Crippen LogP contribution in [0.25, 0.3) is 60.9 Å². The van der Waals surface area contributed by atoms with Crippen LogP contribution in [0.15, 0.2) is 194 Å². The molecule has 9 aromatic rings. The number of aromatic nitrogens is 1. The van der Waals surface area contributed by atoms with Crippen LogP contribution in [0, 0.1) is 0 Å². The van der Waals surface area contributed by atoms with Crippen LogP contribution in [0.3, 0.4) is 0 Å². The molecule has 0 N–H and O–H groups in total. The molecule has 3 heteroatoms. The first-order chi connectivity index (χ1) is 25.3. The molecule has 240 valence electrons. The van der Waals surface area contributed by atoms with Gasteiger partial charge in [-0.3, -0.25) is 0 Å². The van der Waals surface area contributed by atoms with E-state index < -0.39 is 0 Å². The van der Waals surface area contributed by atoms with E-state index in [1.807, 2.05) is 0 Å². The Kier molecular flexibility index (Phi) is 6.81. The van der Waals surface area contributed by atoms with Gasteiger partial charge in [0.1, 0.15) is 0 Å². The number of ether oxygens (including phenoxy) is 1.